The van der Waals surface area contributed by atoms with Crippen LogP contribution in [0, 0.1) is 11.6 Å². The molecular formula is C14H17F2N3OS. The van der Waals surface area contributed by atoms with Crippen molar-refractivity contribution >= 4 is 11.8 Å². The van der Waals surface area contributed by atoms with Crippen molar-refractivity contribution in [2.24, 2.45) is 0 Å². The van der Waals surface area contributed by atoms with Gasteiger partial charge in [-0.25, -0.2) is 18.7 Å². The highest BCUT2D eigenvalue weighted by Crippen LogP contribution is 2.34. The van der Waals surface area contributed by atoms with E-state index in [1.165, 1.54) is 22.4 Å². The summed E-state index contributed by atoms with van der Waals surface area (Å²) in [4.78, 5) is 11.7. The molecule has 2 aromatic rings. The van der Waals surface area contributed by atoms with Gasteiger partial charge in [0.25, 0.3) is 0 Å². The molecule has 0 aliphatic carbocycles. The highest BCUT2D eigenvalue weighted by atomic mass is 32.2. The second-order valence-corrected chi connectivity index (χ2v) is 6.05. The lowest BCUT2D eigenvalue weighted by atomic mass is 10.1. The minimum absolute atomic E-state index is 0.262. The molecule has 0 aliphatic rings. The molecule has 0 radical (unpaired) electrons. The van der Waals surface area contributed by atoms with Crippen molar-refractivity contribution in [3.05, 3.63) is 45.9 Å². The van der Waals surface area contributed by atoms with Crippen molar-refractivity contribution < 1.29 is 8.78 Å². The molecule has 1 heterocycles. The van der Waals surface area contributed by atoms with Crippen molar-refractivity contribution in [3.63, 3.8) is 0 Å². The Morgan fingerprint density at radius 2 is 2.19 bits per heavy atom. The van der Waals surface area contributed by atoms with Gasteiger partial charge in [0.2, 0.25) is 0 Å². The Morgan fingerprint density at radius 1 is 1.43 bits per heavy atom. The summed E-state index contributed by atoms with van der Waals surface area (Å²) in [6, 6.07) is 3.37. The average Bonchev–Trinajstić information content (AvgIpc) is 2.79. The molecule has 1 unspecified atom stereocenters. The van der Waals surface area contributed by atoms with Crippen LogP contribution in [0.25, 0.3) is 0 Å². The Balaban J connectivity index is 2.21. The van der Waals surface area contributed by atoms with Gasteiger partial charge in [0.1, 0.15) is 11.6 Å². The van der Waals surface area contributed by atoms with Gasteiger partial charge in [-0.3, -0.25) is 4.57 Å². The summed E-state index contributed by atoms with van der Waals surface area (Å²) in [6.45, 7) is 4.35. The number of nitrogens with one attached hydrogen (secondary N) is 1. The molecule has 21 heavy (non-hydrogen) atoms. The standard InChI is InChI=1S/C14H17F2N3OS/c1-3-4-7-19-13(20)17-18-14(19)21-9(2)11-8-10(15)5-6-12(11)16/h5-6,8-9H,3-4,7H2,1-2H3,(H,17,20). The lowest BCUT2D eigenvalue weighted by molar-refractivity contribution is 0.570. The van der Waals surface area contributed by atoms with Crippen LogP contribution in [0.5, 0.6) is 0 Å². The van der Waals surface area contributed by atoms with Crippen LogP contribution in [0.4, 0.5) is 8.78 Å². The first-order chi connectivity index (χ1) is 10.0. The van der Waals surface area contributed by atoms with Crippen LogP contribution >= 0.6 is 11.8 Å². The molecule has 2 rings (SSSR count). The normalized spacial score (nSPS) is 12.6. The summed E-state index contributed by atoms with van der Waals surface area (Å²) in [6.07, 6.45) is 1.81. The van der Waals surface area contributed by atoms with E-state index in [2.05, 4.69) is 10.2 Å². The van der Waals surface area contributed by atoms with Crippen LogP contribution in [-0.4, -0.2) is 14.8 Å². The van der Waals surface area contributed by atoms with E-state index in [9.17, 15) is 13.6 Å². The van der Waals surface area contributed by atoms with Gasteiger partial charge in [-0.1, -0.05) is 25.1 Å². The number of nitrogens with zero attached hydrogens (tertiary/aromatic N) is 2. The first-order valence-electron chi connectivity index (χ1n) is 6.79. The molecule has 1 N–H and O–H groups in total. The van der Waals surface area contributed by atoms with E-state index < -0.39 is 11.6 Å². The Labute approximate surface area is 125 Å². The summed E-state index contributed by atoms with van der Waals surface area (Å²) in [5.41, 5.74) is -0.0182. The fraction of sp³-hybridized carbons (Fsp3) is 0.429. The van der Waals surface area contributed by atoms with Gasteiger partial charge in [0, 0.05) is 17.4 Å². The molecule has 0 saturated carbocycles. The zero-order valence-electron chi connectivity index (χ0n) is 11.9. The lowest BCUT2D eigenvalue weighted by Crippen LogP contribution is -2.17. The van der Waals surface area contributed by atoms with Crippen LogP contribution in [0.1, 0.15) is 37.5 Å². The number of hydrogen-bond donors (Lipinski definition) is 1. The Hall–Kier alpha value is -1.63. The number of unbranched alkanes of at least 4 members (excludes halogenated alkanes) is 1. The van der Waals surface area contributed by atoms with Crippen LogP contribution in [0.15, 0.2) is 28.2 Å². The first kappa shape index (κ1) is 15.8. The predicted molar refractivity (Wildman–Crippen MR) is 78.4 cm³/mol. The van der Waals surface area contributed by atoms with Gasteiger partial charge in [0.15, 0.2) is 5.16 Å². The highest BCUT2D eigenvalue weighted by Gasteiger charge is 2.17. The lowest BCUT2D eigenvalue weighted by Gasteiger charge is -2.12. The highest BCUT2D eigenvalue weighted by molar-refractivity contribution is 7.99. The number of H-pyrrole nitrogens is 1. The molecule has 114 valence electrons. The molecule has 0 spiro atoms. The summed E-state index contributed by atoms with van der Waals surface area (Å²) in [5.74, 6) is -0.946. The van der Waals surface area contributed by atoms with Crippen molar-refractivity contribution in [1.29, 1.82) is 0 Å². The van der Waals surface area contributed by atoms with E-state index >= 15 is 0 Å². The van der Waals surface area contributed by atoms with Crippen molar-refractivity contribution in [2.45, 2.75) is 43.6 Å². The maximum absolute atomic E-state index is 13.8. The largest absolute Gasteiger partial charge is 0.343 e. The van der Waals surface area contributed by atoms with Gasteiger partial charge in [-0.2, -0.15) is 0 Å². The van der Waals surface area contributed by atoms with E-state index in [1.54, 1.807) is 6.92 Å². The van der Waals surface area contributed by atoms with E-state index in [-0.39, 0.29) is 16.5 Å². The number of rotatable bonds is 6. The van der Waals surface area contributed by atoms with E-state index in [4.69, 9.17) is 0 Å². The molecule has 1 atom stereocenters. The second kappa shape index (κ2) is 6.89. The van der Waals surface area contributed by atoms with E-state index in [1.807, 2.05) is 6.92 Å². The summed E-state index contributed by atoms with van der Waals surface area (Å²) in [7, 11) is 0. The second-order valence-electron chi connectivity index (χ2n) is 4.74. The summed E-state index contributed by atoms with van der Waals surface area (Å²) in [5, 5.41) is 6.50. The van der Waals surface area contributed by atoms with Crippen LogP contribution in [-0.2, 0) is 6.54 Å². The molecule has 0 fully saturated rings. The minimum atomic E-state index is -0.482. The number of aromatic nitrogens is 3. The first-order valence-corrected chi connectivity index (χ1v) is 7.67. The zero-order chi connectivity index (χ0) is 15.4. The molecule has 1 aromatic carbocycles. The quantitative estimate of drug-likeness (QED) is 0.830. The Morgan fingerprint density at radius 3 is 2.90 bits per heavy atom. The average molecular weight is 313 g/mol. The van der Waals surface area contributed by atoms with Gasteiger partial charge < -0.3 is 0 Å². The maximum Gasteiger partial charge on any atom is 0.343 e. The zero-order valence-corrected chi connectivity index (χ0v) is 12.7. The Bertz CT molecular complexity index is 668. The fourth-order valence-electron chi connectivity index (χ4n) is 1.95. The molecule has 7 heteroatoms. The monoisotopic (exact) mass is 313 g/mol. The van der Waals surface area contributed by atoms with Gasteiger partial charge in [-0.05, 0) is 31.5 Å². The van der Waals surface area contributed by atoms with Crippen LogP contribution in [0.3, 0.4) is 0 Å². The molecule has 0 bridgehead atoms. The molecule has 4 nitrogen and oxygen atoms in total. The third kappa shape index (κ3) is 3.72. The predicted octanol–water partition coefficient (Wildman–Crippen LogP) is 3.50. The molecule has 0 aliphatic heterocycles. The molecular weight excluding hydrogens is 296 g/mol. The third-order valence-corrected chi connectivity index (χ3v) is 4.27. The number of halogens is 2. The maximum atomic E-state index is 13.8. The number of hydrogen-bond acceptors (Lipinski definition) is 3. The number of thioether (sulfide) groups is 1. The fourth-order valence-corrected chi connectivity index (χ4v) is 2.98. The topological polar surface area (TPSA) is 50.7 Å². The minimum Gasteiger partial charge on any atom is -0.270 e. The number of benzene rings is 1. The van der Waals surface area contributed by atoms with E-state index in [0.29, 0.717) is 11.7 Å². The smallest absolute Gasteiger partial charge is 0.270 e. The Kier molecular flexibility index (Phi) is 5.17. The van der Waals surface area contributed by atoms with Crippen LogP contribution < -0.4 is 5.69 Å². The molecule has 1 aromatic heterocycles. The molecule has 0 saturated heterocycles. The third-order valence-electron chi connectivity index (χ3n) is 3.14. The summed E-state index contributed by atoms with van der Waals surface area (Å²) >= 11 is 1.23. The SMILES string of the molecule is CCCCn1c(SC(C)c2cc(F)ccc2F)n[nH]c1=O. The van der Waals surface area contributed by atoms with Gasteiger partial charge in [0.05, 0.1) is 0 Å². The summed E-state index contributed by atoms with van der Waals surface area (Å²) < 4.78 is 28.5. The van der Waals surface area contributed by atoms with Crippen molar-refractivity contribution in [3.8, 4) is 0 Å². The van der Waals surface area contributed by atoms with Gasteiger partial charge >= 0.3 is 5.69 Å². The van der Waals surface area contributed by atoms with Crippen molar-refractivity contribution in [2.75, 3.05) is 0 Å². The van der Waals surface area contributed by atoms with Gasteiger partial charge in [-0.15, -0.1) is 5.10 Å². The molecule has 0 amide bonds. The van der Waals surface area contributed by atoms with Crippen molar-refractivity contribution in [1.82, 2.24) is 14.8 Å². The number of aromatic amines is 1. The van der Waals surface area contributed by atoms with E-state index in [0.717, 1.165) is 25.0 Å². The van der Waals surface area contributed by atoms with Crippen LogP contribution in [0.2, 0.25) is 0 Å².